The topological polar surface area (TPSA) is 48.5 Å². The average Bonchev–Trinajstić information content (AvgIpc) is 2.61. The molecule has 2 aromatic rings. The fraction of sp³-hybridized carbons (Fsp3) is 0.333. The molecule has 1 saturated heterocycles. The molecule has 1 aromatic heterocycles. The van der Waals surface area contributed by atoms with Gasteiger partial charge in [-0.15, -0.1) is 0 Å². The van der Waals surface area contributed by atoms with Crippen LogP contribution in [0.5, 0.6) is 0 Å². The highest BCUT2D eigenvalue weighted by atomic mass is 35.5. The van der Waals surface area contributed by atoms with Crippen LogP contribution in [0.15, 0.2) is 42.7 Å². The van der Waals surface area contributed by atoms with E-state index < -0.39 is 0 Å². The molecule has 0 atom stereocenters. The molecular weight excluding hydrogens is 324 g/mol. The summed E-state index contributed by atoms with van der Waals surface area (Å²) in [5.74, 6) is -0.140. The molecule has 1 aromatic carbocycles. The first-order chi connectivity index (χ1) is 11.6. The number of anilines is 1. The van der Waals surface area contributed by atoms with Gasteiger partial charge in [0, 0.05) is 43.9 Å². The molecule has 1 N–H and O–H groups in total. The van der Waals surface area contributed by atoms with E-state index in [4.69, 9.17) is 11.6 Å². The summed E-state index contributed by atoms with van der Waals surface area (Å²) >= 11 is 6.12. The van der Waals surface area contributed by atoms with E-state index in [2.05, 4.69) is 27.1 Å². The lowest BCUT2D eigenvalue weighted by molar-refractivity contribution is 0.0950. The largest absolute Gasteiger partial charge is 0.368 e. The van der Waals surface area contributed by atoms with Gasteiger partial charge >= 0.3 is 0 Å². The minimum absolute atomic E-state index is 0.140. The maximum atomic E-state index is 12.4. The second-order valence-corrected chi connectivity index (χ2v) is 6.40. The van der Waals surface area contributed by atoms with Crippen molar-refractivity contribution in [2.45, 2.75) is 6.54 Å². The molecule has 2 heterocycles. The first-order valence-electron chi connectivity index (χ1n) is 8.03. The fourth-order valence-electron chi connectivity index (χ4n) is 2.71. The molecule has 0 aliphatic carbocycles. The standard InChI is InChI=1S/C18H21ClN4O/c1-22-6-8-23(9-7-22)16-10-15(11-20-13-16)18(24)21-12-14-4-2-3-5-17(14)19/h2-5,10-11,13H,6-9,12H2,1H3,(H,21,24). The van der Waals surface area contributed by atoms with Crippen LogP contribution in [0.2, 0.25) is 5.02 Å². The molecule has 24 heavy (non-hydrogen) atoms. The number of amides is 1. The van der Waals surface area contributed by atoms with Crippen LogP contribution in [0, 0.1) is 0 Å². The maximum Gasteiger partial charge on any atom is 0.253 e. The third-order valence-corrected chi connectivity index (χ3v) is 4.62. The Labute approximate surface area is 147 Å². The van der Waals surface area contributed by atoms with Gasteiger partial charge < -0.3 is 15.1 Å². The average molecular weight is 345 g/mol. The number of carbonyl (C=O) groups is 1. The number of likely N-dealkylation sites (N-methyl/N-ethyl adjacent to an activating group) is 1. The van der Waals surface area contributed by atoms with Gasteiger partial charge in [0.25, 0.3) is 5.91 Å². The normalized spacial score (nSPS) is 15.3. The molecule has 1 aliphatic heterocycles. The van der Waals surface area contributed by atoms with Crippen LogP contribution in [0.4, 0.5) is 5.69 Å². The number of pyridine rings is 1. The summed E-state index contributed by atoms with van der Waals surface area (Å²) in [4.78, 5) is 21.2. The lowest BCUT2D eigenvalue weighted by Gasteiger charge is -2.33. The van der Waals surface area contributed by atoms with E-state index in [9.17, 15) is 4.79 Å². The van der Waals surface area contributed by atoms with Crippen LogP contribution in [0.1, 0.15) is 15.9 Å². The molecular formula is C18H21ClN4O. The van der Waals surface area contributed by atoms with Crippen molar-refractivity contribution < 1.29 is 4.79 Å². The summed E-state index contributed by atoms with van der Waals surface area (Å²) in [6.07, 6.45) is 3.41. The molecule has 0 unspecified atom stereocenters. The van der Waals surface area contributed by atoms with Crippen LogP contribution < -0.4 is 10.2 Å². The Hall–Kier alpha value is -2.11. The van der Waals surface area contributed by atoms with Crippen LogP contribution in [-0.4, -0.2) is 49.0 Å². The minimum Gasteiger partial charge on any atom is -0.368 e. The molecule has 1 amide bonds. The van der Waals surface area contributed by atoms with Crippen molar-refractivity contribution in [3.63, 3.8) is 0 Å². The van der Waals surface area contributed by atoms with Gasteiger partial charge in [0.05, 0.1) is 17.4 Å². The number of benzene rings is 1. The number of hydrogen-bond acceptors (Lipinski definition) is 4. The van der Waals surface area contributed by atoms with E-state index in [-0.39, 0.29) is 5.91 Å². The zero-order valence-corrected chi connectivity index (χ0v) is 14.5. The monoisotopic (exact) mass is 344 g/mol. The molecule has 6 heteroatoms. The Kier molecular flexibility index (Phi) is 5.33. The molecule has 5 nitrogen and oxygen atoms in total. The van der Waals surface area contributed by atoms with Crippen molar-refractivity contribution in [1.29, 1.82) is 0 Å². The summed E-state index contributed by atoms with van der Waals surface area (Å²) in [7, 11) is 2.12. The first kappa shape index (κ1) is 16.7. The van der Waals surface area contributed by atoms with E-state index in [1.165, 1.54) is 0 Å². The van der Waals surface area contributed by atoms with E-state index in [0.29, 0.717) is 17.1 Å². The van der Waals surface area contributed by atoms with Crippen molar-refractivity contribution in [2.75, 3.05) is 38.1 Å². The third kappa shape index (κ3) is 4.04. The lowest BCUT2D eigenvalue weighted by atomic mass is 10.2. The number of rotatable bonds is 4. The summed E-state index contributed by atoms with van der Waals surface area (Å²) in [5, 5.41) is 3.56. The highest BCUT2D eigenvalue weighted by Gasteiger charge is 2.16. The second kappa shape index (κ2) is 7.64. The molecule has 0 saturated carbocycles. The molecule has 3 rings (SSSR count). The summed E-state index contributed by atoms with van der Waals surface area (Å²) in [6.45, 7) is 4.33. The first-order valence-corrected chi connectivity index (χ1v) is 8.41. The van der Waals surface area contributed by atoms with E-state index in [1.807, 2.05) is 36.5 Å². The lowest BCUT2D eigenvalue weighted by Crippen LogP contribution is -2.44. The van der Waals surface area contributed by atoms with Gasteiger partial charge in [-0.05, 0) is 24.7 Å². The Morgan fingerprint density at radius 2 is 1.96 bits per heavy atom. The molecule has 0 radical (unpaired) electrons. The van der Waals surface area contributed by atoms with Crippen LogP contribution >= 0.6 is 11.6 Å². The fourth-order valence-corrected chi connectivity index (χ4v) is 2.91. The summed E-state index contributed by atoms with van der Waals surface area (Å²) in [5.41, 5.74) is 2.46. The van der Waals surface area contributed by atoms with E-state index >= 15 is 0 Å². The van der Waals surface area contributed by atoms with Gasteiger partial charge in [0.15, 0.2) is 0 Å². The zero-order valence-electron chi connectivity index (χ0n) is 13.7. The van der Waals surface area contributed by atoms with Gasteiger partial charge in [0.2, 0.25) is 0 Å². The van der Waals surface area contributed by atoms with Gasteiger partial charge in [-0.25, -0.2) is 0 Å². The predicted octanol–water partition coefficient (Wildman–Crippen LogP) is 2.42. The second-order valence-electron chi connectivity index (χ2n) is 6.00. The Morgan fingerprint density at radius 3 is 2.71 bits per heavy atom. The number of carbonyl (C=O) groups excluding carboxylic acids is 1. The van der Waals surface area contributed by atoms with Gasteiger partial charge in [-0.1, -0.05) is 29.8 Å². The molecule has 1 fully saturated rings. The number of halogens is 1. The number of nitrogens with one attached hydrogen (secondary N) is 1. The third-order valence-electron chi connectivity index (χ3n) is 4.25. The van der Waals surface area contributed by atoms with Gasteiger partial charge in [-0.3, -0.25) is 9.78 Å². The van der Waals surface area contributed by atoms with Gasteiger partial charge in [-0.2, -0.15) is 0 Å². The number of hydrogen-bond donors (Lipinski definition) is 1. The molecule has 0 bridgehead atoms. The van der Waals surface area contributed by atoms with Crippen LogP contribution in [0.3, 0.4) is 0 Å². The number of aromatic nitrogens is 1. The summed E-state index contributed by atoms with van der Waals surface area (Å²) < 4.78 is 0. The number of piperazine rings is 1. The Bertz CT molecular complexity index is 714. The minimum atomic E-state index is -0.140. The maximum absolute atomic E-state index is 12.4. The number of nitrogens with zero attached hydrogens (tertiary/aromatic N) is 3. The van der Waals surface area contributed by atoms with Crippen LogP contribution in [-0.2, 0) is 6.54 Å². The highest BCUT2D eigenvalue weighted by Crippen LogP contribution is 2.17. The molecule has 1 aliphatic rings. The van der Waals surface area contributed by atoms with Crippen molar-refractivity contribution in [3.8, 4) is 0 Å². The predicted molar refractivity (Wildman–Crippen MR) is 96.6 cm³/mol. The van der Waals surface area contributed by atoms with Gasteiger partial charge in [0.1, 0.15) is 0 Å². The van der Waals surface area contributed by atoms with Crippen molar-refractivity contribution >= 4 is 23.2 Å². The smallest absolute Gasteiger partial charge is 0.253 e. The summed E-state index contributed by atoms with van der Waals surface area (Å²) in [6, 6.07) is 9.40. The highest BCUT2D eigenvalue weighted by molar-refractivity contribution is 6.31. The molecule has 126 valence electrons. The zero-order chi connectivity index (χ0) is 16.9. The van der Waals surface area contributed by atoms with Crippen molar-refractivity contribution in [2.24, 2.45) is 0 Å². The van der Waals surface area contributed by atoms with Crippen molar-refractivity contribution in [1.82, 2.24) is 15.2 Å². The van der Waals surface area contributed by atoms with E-state index in [1.54, 1.807) is 6.20 Å². The Balaban J connectivity index is 1.65. The van der Waals surface area contributed by atoms with E-state index in [0.717, 1.165) is 37.4 Å². The Morgan fingerprint density at radius 1 is 1.21 bits per heavy atom. The van der Waals surface area contributed by atoms with Crippen molar-refractivity contribution in [3.05, 3.63) is 58.9 Å². The quantitative estimate of drug-likeness (QED) is 0.925. The SMILES string of the molecule is CN1CCN(c2cncc(C(=O)NCc3ccccc3Cl)c2)CC1. The van der Waals surface area contributed by atoms with Crippen LogP contribution in [0.25, 0.3) is 0 Å². The molecule has 0 spiro atoms.